The third-order valence-electron chi connectivity index (χ3n) is 3.61. The fraction of sp³-hybridized carbons (Fsp3) is 0.133. The minimum atomic E-state index is -1.06. The zero-order valence-corrected chi connectivity index (χ0v) is 11.5. The SMILES string of the molecule is Oc1cccc2c1C(O)c1nc(-c3ccco3)sc1C2O. The summed E-state index contributed by atoms with van der Waals surface area (Å²) in [6.45, 7) is 0. The lowest BCUT2D eigenvalue weighted by molar-refractivity contribution is 0.170. The van der Waals surface area contributed by atoms with Gasteiger partial charge in [0.2, 0.25) is 0 Å². The molecule has 2 heterocycles. The van der Waals surface area contributed by atoms with Crippen molar-refractivity contribution in [2.45, 2.75) is 12.2 Å². The molecule has 106 valence electrons. The Morgan fingerprint density at radius 3 is 2.71 bits per heavy atom. The maximum Gasteiger partial charge on any atom is 0.162 e. The van der Waals surface area contributed by atoms with Gasteiger partial charge in [-0.05, 0) is 23.8 Å². The molecule has 3 aromatic rings. The van der Waals surface area contributed by atoms with Crippen molar-refractivity contribution in [3.8, 4) is 16.5 Å². The fourth-order valence-corrected chi connectivity index (χ4v) is 3.70. The van der Waals surface area contributed by atoms with Gasteiger partial charge in [0.1, 0.15) is 18.0 Å². The first kappa shape index (κ1) is 12.6. The summed E-state index contributed by atoms with van der Waals surface area (Å²) in [6, 6.07) is 8.35. The van der Waals surface area contributed by atoms with E-state index in [1.807, 2.05) is 0 Å². The zero-order chi connectivity index (χ0) is 14.6. The Bertz CT molecular complexity index is 809. The number of aromatic nitrogens is 1. The van der Waals surface area contributed by atoms with Gasteiger partial charge < -0.3 is 19.7 Å². The minimum absolute atomic E-state index is 0.0442. The molecular weight excluding hydrogens is 290 g/mol. The van der Waals surface area contributed by atoms with E-state index in [0.29, 0.717) is 32.5 Å². The predicted molar refractivity (Wildman–Crippen MR) is 76.0 cm³/mol. The van der Waals surface area contributed by atoms with Gasteiger partial charge in [-0.2, -0.15) is 0 Å². The lowest BCUT2D eigenvalue weighted by Gasteiger charge is -2.25. The van der Waals surface area contributed by atoms with Crippen molar-refractivity contribution in [2.75, 3.05) is 0 Å². The maximum atomic E-state index is 10.5. The van der Waals surface area contributed by atoms with Crippen molar-refractivity contribution in [1.29, 1.82) is 0 Å². The number of phenolic OH excluding ortho intramolecular Hbond substituents is 1. The molecule has 0 saturated carbocycles. The molecule has 0 saturated heterocycles. The highest BCUT2D eigenvalue weighted by Crippen LogP contribution is 2.47. The van der Waals surface area contributed by atoms with Crippen molar-refractivity contribution >= 4 is 11.3 Å². The predicted octanol–water partition coefficient (Wildman–Crippen LogP) is 2.59. The Labute approximate surface area is 123 Å². The first-order valence-electron chi connectivity index (χ1n) is 6.39. The van der Waals surface area contributed by atoms with Crippen LogP contribution in [0.4, 0.5) is 0 Å². The molecule has 0 spiro atoms. The fourth-order valence-electron chi connectivity index (χ4n) is 2.63. The van der Waals surface area contributed by atoms with Gasteiger partial charge in [-0.15, -0.1) is 11.3 Å². The van der Waals surface area contributed by atoms with Gasteiger partial charge in [0.05, 0.1) is 16.8 Å². The number of hydrogen-bond acceptors (Lipinski definition) is 6. The molecular formula is C15H11NO4S. The van der Waals surface area contributed by atoms with E-state index in [-0.39, 0.29) is 5.75 Å². The molecule has 0 amide bonds. The van der Waals surface area contributed by atoms with Crippen LogP contribution in [0.2, 0.25) is 0 Å². The second-order valence-electron chi connectivity index (χ2n) is 4.83. The summed E-state index contributed by atoms with van der Waals surface area (Å²) < 4.78 is 5.30. The first-order valence-corrected chi connectivity index (χ1v) is 7.21. The number of benzene rings is 1. The Morgan fingerprint density at radius 2 is 1.95 bits per heavy atom. The van der Waals surface area contributed by atoms with Crippen LogP contribution in [0.1, 0.15) is 33.9 Å². The molecule has 1 aliphatic carbocycles. The van der Waals surface area contributed by atoms with Crippen LogP contribution in [-0.4, -0.2) is 20.3 Å². The number of hydrogen-bond donors (Lipinski definition) is 3. The van der Waals surface area contributed by atoms with E-state index in [4.69, 9.17) is 4.42 Å². The standard InChI is InChI=1S/C15H11NO4S/c17-8-4-1-3-7-10(8)13(19)11-14(12(7)18)21-15(16-11)9-5-2-6-20-9/h1-6,12-13,17-19H. The molecule has 21 heavy (non-hydrogen) atoms. The molecule has 2 aromatic heterocycles. The monoisotopic (exact) mass is 301 g/mol. The summed E-state index contributed by atoms with van der Waals surface area (Å²) in [4.78, 5) is 4.94. The molecule has 1 aliphatic rings. The minimum Gasteiger partial charge on any atom is -0.508 e. The number of phenols is 1. The highest BCUT2D eigenvalue weighted by molar-refractivity contribution is 7.15. The van der Waals surface area contributed by atoms with Crippen LogP contribution in [0.3, 0.4) is 0 Å². The third-order valence-corrected chi connectivity index (χ3v) is 4.74. The molecule has 6 heteroatoms. The van der Waals surface area contributed by atoms with Crippen molar-refractivity contribution < 1.29 is 19.7 Å². The number of fused-ring (bicyclic) bond motifs is 2. The van der Waals surface area contributed by atoms with Crippen LogP contribution in [0.25, 0.3) is 10.8 Å². The van der Waals surface area contributed by atoms with Gasteiger partial charge in [-0.1, -0.05) is 12.1 Å². The molecule has 2 atom stereocenters. The van der Waals surface area contributed by atoms with Gasteiger partial charge in [0, 0.05) is 5.56 Å². The molecule has 0 aliphatic heterocycles. The van der Waals surface area contributed by atoms with E-state index in [2.05, 4.69) is 4.98 Å². The van der Waals surface area contributed by atoms with Crippen LogP contribution in [-0.2, 0) is 0 Å². The first-order chi connectivity index (χ1) is 10.2. The number of thiazole rings is 1. The summed E-state index contributed by atoms with van der Waals surface area (Å²) in [6.07, 6.45) is -0.422. The van der Waals surface area contributed by atoms with Crippen LogP contribution in [0, 0.1) is 0 Å². The largest absolute Gasteiger partial charge is 0.508 e. The highest BCUT2D eigenvalue weighted by atomic mass is 32.1. The quantitative estimate of drug-likeness (QED) is 0.643. The maximum absolute atomic E-state index is 10.5. The Morgan fingerprint density at radius 1 is 1.10 bits per heavy atom. The van der Waals surface area contributed by atoms with Crippen LogP contribution < -0.4 is 0 Å². The van der Waals surface area contributed by atoms with E-state index >= 15 is 0 Å². The lowest BCUT2D eigenvalue weighted by atomic mass is 9.88. The van der Waals surface area contributed by atoms with Crippen molar-refractivity contribution in [2.24, 2.45) is 0 Å². The van der Waals surface area contributed by atoms with Gasteiger partial charge >= 0.3 is 0 Å². The van der Waals surface area contributed by atoms with Crippen LogP contribution >= 0.6 is 11.3 Å². The zero-order valence-electron chi connectivity index (χ0n) is 10.7. The van der Waals surface area contributed by atoms with E-state index in [0.717, 1.165) is 0 Å². The highest BCUT2D eigenvalue weighted by Gasteiger charge is 2.36. The average molecular weight is 301 g/mol. The summed E-state index contributed by atoms with van der Waals surface area (Å²) in [5, 5.41) is 31.5. The molecule has 3 N–H and O–H groups in total. The number of aliphatic hydroxyl groups is 2. The van der Waals surface area contributed by atoms with E-state index in [1.54, 1.807) is 30.5 Å². The molecule has 4 rings (SSSR count). The summed E-state index contributed by atoms with van der Waals surface area (Å²) in [5.41, 5.74) is 1.19. The van der Waals surface area contributed by atoms with E-state index in [9.17, 15) is 15.3 Å². The topological polar surface area (TPSA) is 86.7 Å². The number of aromatic hydroxyl groups is 1. The molecule has 5 nitrogen and oxygen atoms in total. The number of furan rings is 1. The molecule has 1 aromatic carbocycles. The average Bonchev–Trinajstić information content (AvgIpc) is 3.13. The van der Waals surface area contributed by atoms with Crippen molar-refractivity contribution in [3.63, 3.8) is 0 Å². The third kappa shape index (κ3) is 1.73. The second kappa shape index (κ2) is 4.42. The number of aliphatic hydroxyl groups excluding tert-OH is 2. The normalized spacial score (nSPS) is 20.1. The summed E-state index contributed by atoms with van der Waals surface area (Å²) in [7, 11) is 0. The molecule has 0 radical (unpaired) electrons. The summed E-state index contributed by atoms with van der Waals surface area (Å²) in [5.74, 6) is 0.541. The molecule has 2 unspecified atom stereocenters. The Kier molecular flexibility index (Phi) is 2.65. The second-order valence-corrected chi connectivity index (χ2v) is 5.86. The van der Waals surface area contributed by atoms with Gasteiger partial charge in [-0.25, -0.2) is 4.98 Å². The Hall–Kier alpha value is -2.15. The van der Waals surface area contributed by atoms with Gasteiger partial charge in [-0.3, -0.25) is 0 Å². The number of nitrogens with zero attached hydrogens (tertiary/aromatic N) is 1. The summed E-state index contributed by atoms with van der Waals surface area (Å²) >= 11 is 1.28. The smallest absolute Gasteiger partial charge is 0.162 e. The lowest BCUT2D eigenvalue weighted by Crippen LogP contribution is -2.16. The Balaban J connectivity index is 1.91. The van der Waals surface area contributed by atoms with E-state index < -0.39 is 12.2 Å². The van der Waals surface area contributed by atoms with Crippen LogP contribution in [0.5, 0.6) is 5.75 Å². The van der Waals surface area contributed by atoms with Crippen molar-refractivity contribution in [3.05, 3.63) is 58.3 Å². The van der Waals surface area contributed by atoms with Crippen molar-refractivity contribution in [1.82, 2.24) is 4.98 Å². The molecule has 0 fully saturated rings. The molecule has 0 bridgehead atoms. The number of rotatable bonds is 1. The van der Waals surface area contributed by atoms with E-state index in [1.165, 1.54) is 17.4 Å². The van der Waals surface area contributed by atoms with Crippen LogP contribution in [0.15, 0.2) is 41.0 Å². The van der Waals surface area contributed by atoms with Gasteiger partial charge in [0.15, 0.2) is 10.8 Å². The van der Waals surface area contributed by atoms with Gasteiger partial charge in [0.25, 0.3) is 0 Å².